The molecule has 2 rings (SSSR count). The predicted molar refractivity (Wildman–Crippen MR) is 95.9 cm³/mol. The van der Waals surface area contributed by atoms with Crippen molar-refractivity contribution in [1.82, 2.24) is 5.32 Å². The number of unbranched alkanes of at least 4 members (excludes halogenated alkanes) is 1. The van der Waals surface area contributed by atoms with Gasteiger partial charge in [-0.05, 0) is 12.0 Å². The van der Waals surface area contributed by atoms with Crippen molar-refractivity contribution in [1.29, 1.82) is 0 Å². The smallest absolute Gasteiger partial charge is 0.277 e. The fourth-order valence-electron chi connectivity index (χ4n) is 2.59. The Labute approximate surface area is 150 Å². The van der Waals surface area contributed by atoms with Gasteiger partial charge in [-0.25, -0.2) is 0 Å². The van der Waals surface area contributed by atoms with E-state index in [2.05, 4.69) is 5.32 Å². The van der Waals surface area contributed by atoms with Crippen LogP contribution in [0.25, 0.3) is 0 Å². The van der Waals surface area contributed by atoms with Gasteiger partial charge in [0, 0.05) is 12.1 Å². The number of rotatable bonds is 8. The van der Waals surface area contributed by atoms with Crippen LogP contribution in [-0.4, -0.2) is 15.8 Å². The zero-order chi connectivity index (χ0) is 19.1. The quantitative estimate of drug-likeness (QED) is 0.562. The maximum absolute atomic E-state index is 12.6. The molecule has 0 fully saturated rings. The first-order valence-corrected chi connectivity index (χ1v) is 8.22. The molecular weight excluding hydrogens is 338 g/mol. The Bertz CT molecular complexity index is 775. The highest BCUT2D eigenvalue weighted by Gasteiger charge is 2.22. The van der Waals surface area contributed by atoms with Crippen LogP contribution in [0.2, 0.25) is 0 Å². The first-order chi connectivity index (χ1) is 12.4. The van der Waals surface area contributed by atoms with Gasteiger partial charge in [0.15, 0.2) is 0 Å². The topological polar surface area (TPSA) is 115 Å². The van der Waals surface area contributed by atoms with Gasteiger partial charge in [0.25, 0.3) is 17.3 Å². The third-order valence-electron chi connectivity index (χ3n) is 3.94. The maximum atomic E-state index is 12.6. The van der Waals surface area contributed by atoms with Crippen LogP contribution >= 0.6 is 0 Å². The van der Waals surface area contributed by atoms with Crippen LogP contribution in [0.3, 0.4) is 0 Å². The number of nitrogens with zero attached hydrogens (tertiary/aromatic N) is 2. The molecule has 0 aliphatic rings. The number of nitro groups is 2. The maximum Gasteiger partial charge on any atom is 0.277 e. The number of nitro benzene ring substituents is 2. The third-order valence-corrected chi connectivity index (χ3v) is 3.94. The summed E-state index contributed by atoms with van der Waals surface area (Å²) in [4.78, 5) is 33.0. The van der Waals surface area contributed by atoms with E-state index in [0.29, 0.717) is 6.42 Å². The normalized spacial score (nSPS) is 11.6. The minimum atomic E-state index is -0.754. The van der Waals surface area contributed by atoms with E-state index in [1.807, 2.05) is 37.3 Å². The summed E-state index contributed by atoms with van der Waals surface area (Å²) < 4.78 is 0. The van der Waals surface area contributed by atoms with Gasteiger partial charge in [-0.1, -0.05) is 50.1 Å². The molecule has 0 bridgehead atoms. The fourth-order valence-corrected chi connectivity index (χ4v) is 2.59. The summed E-state index contributed by atoms with van der Waals surface area (Å²) in [5, 5.41) is 24.8. The molecule has 136 valence electrons. The molecule has 0 heterocycles. The molecule has 1 N–H and O–H groups in total. The minimum Gasteiger partial charge on any atom is -0.345 e. The summed E-state index contributed by atoms with van der Waals surface area (Å²) in [6.07, 6.45) is 2.53. The van der Waals surface area contributed by atoms with Crippen molar-refractivity contribution in [2.24, 2.45) is 0 Å². The van der Waals surface area contributed by atoms with Crippen LogP contribution < -0.4 is 5.32 Å². The van der Waals surface area contributed by atoms with E-state index < -0.39 is 27.1 Å². The summed E-state index contributed by atoms with van der Waals surface area (Å²) in [6, 6.07) is 12.0. The molecule has 1 atom stereocenters. The van der Waals surface area contributed by atoms with Crippen molar-refractivity contribution >= 4 is 17.3 Å². The molecule has 2 aromatic carbocycles. The molecule has 1 amide bonds. The first kappa shape index (κ1) is 19.0. The number of amides is 1. The van der Waals surface area contributed by atoms with E-state index in [4.69, 9.17) is 0 Å². The molecular formula is C18H19N3O5. The zero-order valence-corrected chi connectivity index (χ0v) is 14.3. The molecule has 0 saturated heterocycles. The number of hydrogen-bond acceptors (Lipinski definition) is 5. The number of benzene rings is 2. The Balaban J connectivity index is 2.31. The van der Waals surface area contributed by atoms with E-state index in [-0.39, 0.29) is 11.6 Å². The van der Waals surface area contributed by atoms with Gasteiger partial charge in [-0.2, -0.15) is 0 Å². The van der Waals surface area contributed by atoms with Gasteiger partial charge >= 0.3 is 0 Å². The van der Waals surface area contributed by atoms with Gasteiger partial charge in [0.05, 0.1) is 27.5 Å². The highest BCUT2D eigenvalue weighted by Crippen LogP contribution is 2.24. The second-order valence-electron chi connectivity index (χ2n) is 5.83. The Hall–Kier alpha value is -3.29. The van der Waals surface area contributed by atoms with Gasteiger partial charge < -0.3 is 5.32 Å². The monoisotopic (exact) mass is 357 g/mol. The molecule has 2 aromatic rings. The second kappa shape index (κ2) is 8.70. The SMILES string of the molecule is CCCCC(NC(=O)c1cc([N+](=O)[O-])cc([N+](=O)[O-])c1)c1ccccc1. The molecule has 8 heteroatoms. The Morgan fingerprint density at radius 1 is 1.04 bits per heavy atom. The largest absolute Gasteiger partial charge is 0.345 e. The van der Waals surface area contributed by atoms with Crippen molar-refractivity contribution in [3.63, 3.8) is 0 Å². The van der Waals surface area contributed by atoms with Crippen molar-refractivity contribution in [2.75, 3.05) is 0 Å². The molecule has 1 unspecified atom stereocenters. The van der Waals surface area contributed by atoms with Gasteiger partial charge in [0.2, 0.25) is 0 Å². The lowest BCUT2D eigenvalue weighted by Crippen LogP contribution is -2.28. The van der Waals surface area contributed by atoms with Crippen molar-refractivity contribution in [3.05, 3.63) is 79.9 Å². The van der Waals surface area contributed by atoms with Crippen LogP contribution in [0, 0.1) is 20.2 Å². The second-order valence-corrected chi connectivity index (χ2v) is 5.83. The Morgan fingerprint density at radius 2 is 1.62 bits per heavy atom. The van der Waals surface area contributed by atoms with E-state index in [1.54, 1.807) is 0 Å². The summed E-state index contributed by atoms with van der Waals surface area (Å²) in [5.74, 6) is -0.582. The number of nitrogens with one attached hydrogen (secondary N) is 1. The van der Waals surface area contributed by atoms with Crippen molar-refractivity contribution in [2.45, 2.75) is 32.2 Å². The molecule has 0 aromatic heterocycles. The highest BCUT2D eigenvalue weighted by atomic mass is 16.6. The third kappa shape index (κ3) is 4.85. The Morgan fingerprint density at radius 3 is 2.12 bits per heavy atom. The molecule has 0 aliphatic carbocycles. The first-order valence-electron chi connectivity index (χ1n) is 8.22. The lowest BCUT2D eigenvalue weighted by Gasteiger charge is -2.19. The fraction of sp³-hybridized carbons (Fsp3) is 0.278. The van der Waals surface area contributed by atoms with Crippen LogP contribution in [0.15, 0.2) is 48.5 Å². The average Bonchev–Trinajstić information content (AvgIpc) is 2.65. The number of hydrogen-bond donors (Lipinski definition) is 1. The van der Waals surface area contributed by atoms with Crippen molar-refractivity contribution < 1.29 is 14.6 Å². The summed E-state index contributed by atoms with van der Waals surface area (Å²) in [5.41, 5.74) is -0.180. The molecule has 0 saturated carbocycles. The number of carbonyl (C=O) groups excluding carboxylic acids is 1. The molecule has 26 heavy (non-hydrogen) atoms. The lowest BCUT2D eigenvalue weighted by molar-refractivity contribution is -0.394. The standard InChI is InChI=1S/C18H19N3O5/c1-2-3-9-17(13-7-5-4-6-8-13)19-18(22)14-10-15(20(23)24)12-16(11-14)21(25)26/h4-8,10-12,17H,2-3,9H2,1H3,(H,19,22). The van der Waals surface area contributed by atoms with E-state index in [1.165, 1.54) is 0 Å². The predicted octanol–water partition coefficient (Wildman–Crippen LogP) is 4.16. The molecule has 0 spiro atoms. The lowest BCUT2D eigenvalue weighted by atomic mass is 10.0. The van der Waals surface area contributed by atoms with Crippen molar-refractivity contribution in [3.8, 4) is 0 Å². The number of non-ortho nitro benzene ring substituents is 2. The van der Waals surface area contributed by atoms with Crippen LogP contribution in [0.4, 0.5) is 11.4 Å². The summed E-state index contributed by atoms with van der Waals surface area (Å²) in [6.45, 7) is 2.04. The molecule has 8 nitrogen and oxygen atoms in total. The highest BCUT2D eigenvalue weighted by molar-refractivity contribution is 5.95. The van der Waals surface area contributed by atoms with Gasteiger partial charge in [0.1, 0.15) is 0 Å². The minimum absolute atomic E-state index is 0.108. The van der Waals surface area contributed by atoms with Crippen LogP contribution in [0.1, 0.15) is 48.1 Å². The molecule has 0 radical (unpaired) electrons. The van der Waals surface area contributed by atoms with Crippen LogP contribution in [0.5, 0.6) is 0 Å². The van der Waals surface area contributed by atoms with Crippen LogP contribution in [-0.2, 0) is 0 Å². The Kier molecular flexibility index (Phi) is 6.37. The number of carbonyl (C=O) groups is 1. The van der Waals surface area contributed by atoms with E-state index >= 15 is 0 Å². The summed E-state index contributed by atoms with van der Waals surface area (Å²) in [7, 11) is 0. The van der Waals surface area contributed by atoms with E-state index in [9.17, 15) is 25.0 Å². The van der Waals surface area contributed by atoms with E-state index in [0.717, 1.165) is 36.6 Å². The van der Waals surface area contributed by atoms with Gasteiger partial charge in [-0.3, -0.25) is 25.0 Å². The average molecular weight is 357 g/mol. The van der Waals surface area contributed by atoms with Gasteiger partial charge in [-0.15, -0.1) is 0 Å². The molecule has 0 aliphatic heterocycles. The zero-order valence-electron chi connectivity index (χ0n) is 14.3. The summed E-state index contributed by atoms with van der Waals surface area (Å²) >= 11 is 0.